The number of aryl methyl sites for hydroxylation is 1. The van der Waals surface area contributed by atoms with Crippen LogP contribution >= 0.6 is 11.8 Å². The van der Waals surface area contributed by atoms with Crippen molar-refractivity contribution in [2.24, 2.45) is 0 Å². The van der Waals surface area contributed by atoms with Gasteiger partial charge in [-0.25, -0.2) is 0 Å². The van der Waals surface area contributed by atoms with Crippen molar-refractivity contribution in [3.63, 3.8) is 0 Å². The zero-order valence-electron chi connectivity index (χ0n) is 10.7. The molecule has 98 valence electrons. The Morgan fingerprint density at radius 2 is 2.17 bits per heavy atom. The molecule has 1 aliphatic heterocycles. The van der Waals surface area contributed by atoms with Gasteiger partial charge in [0.15, 0.2) is 0 Å². The minimum Gasteiger partial charge on any atom is -0.497 e. The van der Waals surface area contributed by atoms with Gasteiger partial charge in [0.1, 0.15) is 5.75 Å². The Morgan fingerprint density at radius 3 is 2.78 bits per heavy atom. The largest absolute Gasteiger partial charge is 0.497 e. The minimum atomic E-state index is 0.300. The van der Waals surface area contributed by atoms with Gasteiger partial charge >= 0.3 is 0 Å². The first-order valence-electron chi connectivity index (χ1n) is 6.28. The van der Waals surface area contributed by atoms with Gasteiger partial charge in [-0.1, -0.05) is 12.1 Å². The van der Waals surface area contributed by atoms with Crippen LogP contribution in [0.1, 0.15) is 18.4 Å². The van der Waals surface area contributed by atoms with Crippen molar-refractivity contribution in [1.82, 2.24) is 4.90 Å². The van der Waals surface area contributed by atoms with Gasteiger partial charge < -0.3 is 9.64 Å². The molecule has 2 rings (SSSR count). The Labute approximate surface area is 113 Å². The number of ether oxygens (including phenoxy) is 1. The molecule has 1 aliphatic rings. The molecule has 1 saturated heterocycles. The Kier molecular flexibility index (Phi) is 4.93. The molecule has 0 aromatic heterocycles. The van der Waals surface area contributed by atoms with Crippen LogP contribution in [0.2, 0.25) is 0 Å². The highest BCUT2D eigenvalue weighted by molar-refractivity contribution is 7.99. The normalized spacial score (nSPS) is 14.8. The van der Waals surface area contributed by atoms with Gasteiger partial charge in [0.05, 0.1) is 13.0 Å². The van der Waals surface area contributed by atoms with Gasteiger partial charge in [-0.05, 0) is 30.5 Å². The van der Waals surface area contributed by atoms with Crippen LogP contribution < -0.4 is 4.74 Å². The maximum atomic E-state index is 11.8. The fourth-order valence-electron chi connectivity index (χ4n) is 2.00. The first-order chi connectivity index (χ1) is 8.79. The molecule has 1 aromatic carbocycles. The van der Waals surface area contributed by atoms with E-state index in [4.69, 9.17) is 4.74 Å². The molecule has 0 atom stereocenters. The molecule has 1 fully saturated rings. The van der Waals surface area contributed by atoms with Crippen molar-refractivity contribution < 1.29 is 9.53 Å². The lowest BCUT2D eigenvalue weighted by atomic mass is 10.1. The highest BCUT2D eigenvalue weighted by Gasteiger charge is 2.17. The van der Waals surface area contributed by atoms with E-state index >= 15 is 0 Å². The molecule has 1 aromatic rings. The summed E-state index contributed by atoms with van der Waals surface area (Å²) in [5.41, 5.74) is 1.26. The maximum absolute atomic E-state index is 11.8. The van der Waals surface area contributed by atoms with Crippen molar-refractivity contribution in [3.05, 3.63) is 29.8 Å². The summed E-state index contributed by atoms with van der Waals surface area (Å²) >= 11 is 1.84. The Bertz CT molecular complexity index is 385. The molecule has 0 saturated carbocycles. The fraction of sp³-hybridized carbons (Fsp3) is 0.500. The quantitative estimate of drug-likeness (QED) is 0.819. The van der Waals surface area contributed by atoms with E-state index in [0.717, 1.165) is 36.8 Å². The SMILES string of the molecule is COc1ccc(CCCC(=O)N2CCSC2)cc1. The number of hydrogen-bond donors (Lipinski definition) is 0. The molecule has 0 radical (unpaired) electrons. The first kappa shape index (κ1) is 13.3. The standard InChI is InChI=1S/C14H19NO2S/c1-17-13-7-5-12(6-8-13)3-2-4-14(16)15-9-10-18-11-15/h5-8H,2-4,9-11H2,1H3. The molecule has 0 aliphatic carbocycles. The van der Waals surface area contributed by atoms with Gasteiger partial charge in [0, 0.05) is 18.7 Å². The third-order valence-electron chi connectivity index (χ3n) is 3.12. The number of benzene rings is 1. The van der Waals surface area contributed by atoms with Crippen molar-refractivity contribution in [1.29, 1.82) is 0 Å². The fourth-order valence-corrected chi connectivity index (χ4v) is 2.98. The molecule has 18 heavy (non-hydrogen) atoms. The molecule has 1 heterocycles. The van der Waals surface area contributed by atoms with E-state index < -0.39 is 0 Å². The third-order valence-corrected chi connectivity index (χ3v) is 4.09. The molecule has 3 nitrogen and oxygen atoms in total. The van der Waals surface area contributed by atoms with Crippen LogP contribution in [0.5, 0.6) is 5.75 Å². The van der Waals surface area contributed by atoms with Gasteiger partial charge in [-0.15, -0.1) is 11.8 Å². The smallest absolute Gasteiger partial charge is 0.223 e. The third kappa shape index (κ3) is 3.67. The number of carbonyl (C=O) groups is 1. The number of rotatable bonds is 5. The highest BCUT2D eigenvalue weighted by atomic mass is 32.2. The van der Waals surface area contributed by atoms with E-state index in [2.05, 4.69) is 12.1 Å². The molecule has 0 bridgehead atoms. The van der Waals surface area contributed by atoms with Crippen molar-refractivity contribution >= 4 is 17.7 Å². The lowest BCUT2D eigenvalue weighted by Crippen LogP contribution is -2.27. The summed E-state index contributed by atoms with van der Waals surface area (Å²) in [5.74, 6) is 3.14. The average molecular weight is 265 g/mol. The molecule has 0 N–H and O–H groups in total. The summed E-state index contributed by atoms with van der Waals surface area (Å²) in [5, 5.41) is 0. The summed E-state index contributed by atoms with van der Waals surface area (Å²) in [6.07, 6.45) is 2.54. The lowest BCUT2D eigenvalue weighted by Gasteiger charge is -2.13. The molecule has 1 amide bonds. The first-order valence-corrected chi connectivity index (χ1v) is 7.43. The Hall–Kier alpha value is -1.16. The summed E-state index contributed by atoms with van der Waals surface area (Å²) in [4.78, 5) is 13.8. The summed E-state index contributed by atoms with van der Waals surface area (Å²) < 4.78 is 5.12. The predicted octanol–water partition coefficient (Wildman–Crippen LogP) is 2.55. The zero-order chi connectivity index (χ0) is 12.8. The summed E-state index contributed by atoms with van der Waals surface area (Å²) in [6.45, 7) is 0.923. The van der Waals surface area contributed by atoms with Crippen LogP contribution in [-0.2, 0) is 11.2 Å². The van der Waals surface area contributed by atoms with Crippen LogP contribution in [0, 0.1) is 0 Å². The van der Waals surface area contributed by atoms with E-state index in [1.165, 1.54) is 5.56 Å². The maximum Gasteiger partial charge on any atom is 0.223 e. The van der Waals surface area contributed by atoms with Crippen LogP contribution in [-0.4, -0.2) is 36.1 Å². The topological polar surface area (TPSA) is 29.5 Å². The van der Waals surface area contributed by atoms with Gasteiger partial charge in [0.2, 0.25) is 5.91 Å². The van der Waals surface area contributed by atoms with Crippen molar-refractivity contribution in [2.45, 2.75) is 19.3 Å². The lowest BCUT2D eigenvalue weighted by molar-refractivity contribution is -0.129. The Balaban J connectivity index is 1.72. The second-order valence-corrected chi connectivity index (χ2v) is 5.47. The predicted molar refractivity (Wildman–Crippen MR) is 75.0 cm³/mol. The monoisotopic (exact) mass is 265 g/mol. The molecular weight excluding hydrogens is 246 g/mol. The second kappa shape index (κ2) is 6.69. The second-order valence-electron chi connectivity index (χ2n) is 4.40. The summed E-state index contributed by atoms with van der Waals surface area (Å²) in [6, 6.07) is 8.06. The number of nitrogens with zero attached hydrogens (tertiary/aromatic N) is 1. The van der Waals surface area contributed by atoms with E-state index in [-0.39, 0.29) is 0 Å². The van der Waals surface area contributed by atoms with Crippen molar-refractivity contribution in [3.8, 4) is 5.75 Å². The number of methoxy groups -OCH3 is 1. The van der Waals surface area contributed by atoms with Crippen LogP contribution in [0.25, 0.3) is 0 Å². The van der Waals surface area contributed by atoms with Gasteiger partial charge in [-0.2, -0.15) is 0 Å². The number of hydrogen-bond acceptors (Lipinski definition) is 3. The molecule has 4 heteroatoms. The van der Waals surface area contributed by atoms with Crippen LogP contribution in [0.15, 0.2) is 24.3 Å². The Morgan fingerprint density at radius 1 is 1.39 bits per heavy atom. The van der Waals surface area contributed by atoms with Gasteiger partial charge in [-0.3, -0.25) is 4.79 Å². The van der Waals surface area contributed by atoms with Crippen molar-refractivity contribution in [2.75, 3.05) is 25.3 Å². The molecule has 0 unspecified atom stereocenters. The van der Waals surface area contributed by atoms with E-state index in [1.807, 2.05) is 28.8 Å². The number of carbonyl (C=O) groups excluding carboxylic acids is 1. The van der Waals surface area contributed by atoms with Crippen LogP contribution in [0.3, 0.4) is 0 Å². The molecule has 0 spiro atoms. The molecular formula is C14H19NO2S. The van der Waals surface area contributed by atoms with Gasteiger partial charge in [0.25, 0.3) is 0 Å². The number of amides is 1. The average Bonchev–Trinajstić information content (AvgIpc) is 2.93. The minimum absolute atomic E-state index is 0.300. The summed E-state index contributed by atoms with van der Waals surface area (Å²) in [7, 11) is 1.67. The van der Waals surface area contributed by atoms with Crippen LogP contribution in [0.4, 0.5) is 0 Å². The zero-order valence-corrected chi connectivity index (χ0v) is 11.5. The highest BCUT2D eigenvalue weighted by Crippen LogP contribution is 2.16. The van der Waals surface area contributed by atoms with E-state index in [9.17, 15) is 4.79 Å². The van der Waals surface area contributed by atoms with E-state index in [0.29, 0.717) is 12.3 Å². The van der Waals surface area contributed by atoms with E-state index in [1.54, 1.807) is 7.11 Å². The number of thioether (sulfide) groups is 1.